The number of rotatable bonds is 6. The minimum atomic E-state index is -1.67. The standard InChI is InChI=1S/C28H29F3O/c1-3-4-5-23-13-11-22(17-32-23)24-15-12-21(16-26(24)29)19-7-9-20(10-8-19)25-14-6-18(2)27(30)28(25)31/h3,6-10,12,14-16,22-23,27-28H,1,4-5,11,13,17H2,2H3. The summed E-state index contributed by atoms with van der Waals surface area (Å²) < 4.78 is 49.3. The van der Waals surface area contributed by atoms with Crippen LogP contribution in [0.3, 0.4) is 0 Å². The summed E-state index contributed by atoms with van der Waals surface area (Å²) in [4.78, 5) is 0. The zero-order chi connectivity index (χ0) is 22.7. The number of halogens is 3. The van der Waals surface area contributed by atoms with Gasteiger partial charge in [-0.05, 0) is 72.1 Å². The summed E-state index contributed by atoms with van der Waals surface area (Å²) in [5.74, 6) is -0.166. The molecule has 1 heterocycles. The highest BCUT2D eigenvalue weighted by molar-refractivity contribution is 5.75. The van der Waals surface area contributed by atoms with E-state index in [1.165, 1.54) is 0 Å². The molecule has 1 saturated heterocycles. The van der Waals surface area contributed by atoms with Crippen LogP contribution < -0.4 is 0 Å². The summed E-state index contributed by atoms with van der Waals surface area (Å²) in [5, 5.41) is 0. The van der Waals surface area contributed by atoms with Crippen molar-refractivity contribution in [2.45, 2.75) is 57.0 Å². The first kappa shape index (κ1) is 22.6. The van der Waals surface area contributed by atoms with Gasteiger partial charge < -0.3 is 4.74 Å². The lowest BCUT2D eigenvalue weighted by Gasteiger charge is -2.29. The van der Waals surface area contributed by atoms with Gasteiger partial charge >= 0.3 is 0 Å². The van der Waals surface area contributed by atoms with Crippen LogP contribution in [0.5, 0.6) is 0 Å². The Kier molecular flexibility index (Phi) is 7.00. The Morgan fingerprint density at radius 2 is 1.69 bits per heavy atom. The van der Waals surface area contributed by atoms with Crippen LogP contribution in [-0.4, -0.2) is 25.1 Å². The number of benzene rings is 2. The first-order valence-electron chi connectivity index (χ1n) is 11.3. The Hall–Kier alpha value is -2.59. The first-order valence-corrected chi connectivity index (χ1v) is 11.3. The van der Waals surface area contributed by atoms with Gasteiger partial charge in [0.2, 0.25) is 0 Å². The Bertz CT molecular complexity index is 1010. The van der Waals surface area contributed by atoms with Crippen molar-refractivity contribution in [2.24, 2.45) is 0 Å². The van der Waals surface area contributed by atoms with Gasteiger partial charge in [0, 0.05) is 5.92 Å². The molecule has 0 aromatic heterocycles. The van der Waals surface area contributed by atoms with Crippen LogP contribution in [0.1, 0.15) is 49.7 Å². The van der Waals surface area contributed by atoms with Crippen LogP contribution in [-0.2, 0) is 4.74 Å². The Labute approximate surface area is 188 Å². The van der Waals surface area contributed by atoms with Crippen LogP contribution in [0.25, 0.3) is 16.7 Å². The number of allylic oxidation sites excluding steroid dienone is 5. The van der Waals surface area contributed by atoms with Crippen molar-refractivity contribution in [3.05, 3.63) is 89.8 Å². The molecule has 0 saturated carbocycles. The second kappa shape index (κ2) is 9.91. The molecule has 2 aliphatic rings. The third-order valence-electron chi connectivity index (χ3n) is 6.57. The predicted molar refractivity (Wildman–Crippen MR) is 125 cm³/mol. The minimum absolute atomic E-state index is 0.0660. The zero-order valence-corrected chi connectivity index (χ0v) is 18.4. The van der Waals surface area contributed by atoms with E-state index in [4.69, 9.17) is 4.74 Å². The topological polar surface area (TPSA) is 9.23 Å². The van der Waals surface area contributed by atoms with Crippen LogP contribution >= 0.6 is 0 Å². The Morgan fingerprint density at radius 1 is 0.969 bits per heavy atom. The van der Waals surface area contributed by atoms with E-state index in [9.17, 15) is 13.2 Å². The normalized spacial score (nSPS) is 25.8. The molecule has 4 atom stereocenters. The Balaban J connectivity index is 1.46. The fraction of sp³-hybridized carbons (Fsp3) is 0.357. The van der Waals surface area contributed by atoms with Crippen LogP contribution in [0.4, 0.5) is 13.2 Å². The van der Waals surface area contributed by atoms with E-state index < -0.39 is 12.3 Å². The van der Waals surface area contributed by atoms with Gasteiger partial charge in [0.05, 0.1) is 12.7 Å². The van der Waals surface area contributed by atoms with Gasteiger partial charge in [-0.25, -0.2) is 13.2 Å². The lowest BCUT2D eigenvalue weighted by molar-refractivity contribution is -0.000784. The molecule has 0 amide bonds. The summed E-state index contributed by atoms with van der Waals surface area (Å²) in [6.45, 7) is 5.88. The molecule has 1 aliphatic heterocycles. The highest BCUT2D eigenvalue weighted by Gasteiger charge is 2.29. The van der Waals surface area contributed by atoms with Gasteiger partial charge in [-0.1, -0.05) is 54.6 Å². The number of ether oxygens (including phenoxy) is 1. The quantitative estimate of drug-likeness (QED) is 0.419. The average Bonchev–Trinajstić information content (AvgIpc) is 2.82. The number of hydrogen-bond acceptors (Lipinski definition) is 1. The fourth-order valence-electron chi connectivity index (χ4n) is 4.52. The lowest BCUT2D eigenvalue weighted by atomic mass is 9.88. The van der Waals surface area contributed by atoms with Gasteiger partial charge in [0.25, 0.3) is 0 Å². The molecule has 0 bridgehead atoms. The van der Waals surface area contributed by atoms with Crippen molar-refractivity contribution in [3.63, 3.8) is 0 Å². The third-order valence-corrected chi connectivity index (χ3v) is 6.57. The second-order valence-corrected chi connectivity index (χ2v) is 8.75. The summed E-state index contributed by atoms with van der Waals surface area (Å²) in [5.41, 5.74) is 3.64. The molecule has 0 radical (unpaired) electrons. The van der Waals surface area contributed by atoms with Gasteiger partial charge in [0.15, 0.2) is 12.3 Å². The highest BCUT2D eigenvalue weighted by atomic mass is 19.2. The number of hydrogen-bond donors (Lipinski definition) is 0. The number of alkyl halides is 2. The molecule has 2 aromatic rings. The van der Waals surface area contributed by atoms with Crippen LogP contribution in [0.2, 0.25) is 0 Å². The van der Waals surface area contributed by atoms with E-state index in [0.29, 0.717) is 28.9 Å². The maximum atomic E-state index is 14.9. The lowest BCUT2D eigenvalue weighted by Crippen LogP contribution is -2.25. The van der Waals surface area contributed by atoms with E-state index in [1.54, 1.807) is 37.3 Å². The van der Waals surface area contributed by atoms with Crippen molar-refractivity contribution in [3.8, 4) is 11.1 Å². The summed E-state index contributed by atoms with van der Waals surface area (Å²) in [7, 11) is 0. The molecule has 0 N–H and O–H groups in total. The smallest absolute Gasteiger partial charge is 0.161 e. The molecule has 168 valence electrons. The van der Waals surface area contributed by atoms with Crippen molar-refractivity contribution in [1.29, 1.82) is 0 Å². The average molecular weight is 439 g/mol. The zero-order valence-electron chi connectivity index (χ0n) is 18.4. The SMILES string of the molecule is C=CCCC1CCC(c2ccc(-c3ccc(C4=CC=C(C)C(F)C4F)cc3)cc2F)CO1. The van der Waals surface area contributed by atoms with Crippen LogP contribution in [0, 0.1) is 5.82 Å². The molecule has 1 fully saturated rings. The van der Waals surface area contributed by atoms with Gasteiger partial charge in [-0.3, -0.25) is 0 Å². The van der Waals surface area contributed by atoms with E-state index >= 15 is 0 Å². The summed E-state index contributed by atoms with van der Waals surface area (Å²) in [6, 6.07) is 12.5. The Morgan fingerprint density at radius 3 is 2.34 bits per heavy atom. The van der Waals surface area contributed by atoms with Crippen molar-refractivity contribution >= 4 is 5.57 Å². The predicted octanol–water partition coefficient (Wildman–Crippen LogP) is 7.74. The maximum absolute atomic E-state index is 14.9. The molecule has 2 aromatic carbocycles. The molecule has 4 rings (SSSR count). The van der Waals surface area contributed by atoms with E-state index in [2.05, 4.69) is 6.58 Å². The van der Waals surface area contributed by atoms with Crippen LogP contribution in [0.15, 0.2) is 72.8 Å². The van der Waals surface area contributed by atoms with E-state index in [-0.39, 0.29) is 17.8 Å². The van der Waals surface area contributed by atoms with Crippen molar-refractivity contribution < 1.29 is 17.9 Å². The largest absolute Gasteiger partial charge is 0.378 e. The summed E-state index contributed by atoms with van der Waals surface area (Å²) in [6.07, 6.45) is 5.85. The molecule has 32 heavy (non-hydrogen) atoms. The fourth-order valence-corrected chi connectivity index (χ4v) is 4.52. The van der Waals surface area contributed by atoms with Gasteiger partial charge in [0.1, 0.15) is 5.82 Å². The van der Waals surface area contributed by atoms with Crippen molar-refractivity contribution in [2.75, 3.05) is 6.61 Å². The molecule has 1 aliphatic carbocycles. The van der Waals surface area contributed by atoms with E-state index in [0.717, 1.165) is 36.8 Å². The minimum Gasteiger partial charge on any atom is -0.378 e. The van der Waals surface area contributed by atoms with Crippen molar-refractivity contribution in [1.82, 2.24) is 0 Å². The third kappa shape index (κ3) is 4.75. The first-order chi connectivity index (χ1) is 15.5. The molecule has 1 nitrogen and oxygen atoms in total. The molecule has 4 unspecified atom stereocenters. The summed E-state index contributed by atoms with van der Waals surface area (Å²) >= 11 is 0. The molecular formula is C28H29F3O. The van der Waals surface area contributed by atoms with E-state index in [1.807, 2.05) is 30.3 Å². The maximum Gasteiger partial charge on any atom is 0.161 e. The second-order valence-electron chi connectivity index (χ2n) is 8.75. The van der Waals surface area contributed by atoms with Gasteiger partial charge in [-0.2, -0.15) is 0 Å². The molecule has 0 spiro atoms. The highest BCUT2D eigenvalue weighted by Crippen LogP contribution is 2.35. The van der Waals surface area contributed by atoms with Gasteiger partial charge in [-0.15, -0.1) is 6.58 Å². The molecular weight excluding hydrogens is 409 g/mol. The monoisotopic (exact) mass is 438 g/mol. The molecule has 4 heteroatoms.